The van der Waals surface area contributed by atoms with Crippen LogP contribution in [0.25, 0.3) is 0 Å². The van der Waals surface area contributed by atoms with E-state index in [2.05, 4.69) is 15.7 Å². The molecule has 0 atom stereocenters. The van der Waals surface area contributed by atoms with Gasteiger partial charge < -0.3 is 4.90 Å². The fourth-order valence-electron chi connectivity index (χ4n) is 4.65. The standard InChI is InChI=1S/C17H29N3O2S/c18-13-17(9-3-4-10-17)14-23(21,22)19-15-7-11-20(12-8-15)16-5-1-2-6-16/h15-16,19H,1-12,14H2. The van der Waals surface area contributed by atoms with Crippen LogP contribution < -0.4 is 4.72 Å². The molecular weight excluding hydrogens is 310 g/mol. The van der Waals surface area contributed by atoms with Crippen LogP contribution in [0.15, 0.2) is 0 Å². The molecule has 3 rings (SSSR count). The lowest BCUT2D eigenvalue weighted by Crippen LogP contribution is -2.48. The Morgan fingerprint density at radius 3 is 2.22 bits per heavy atom. The molecule has 0 amide bonds. The largest absolute Gasteiger partial charge is 0.300 e. The summed E-state index contributed by atoms with van der Waals surface area (Å²) in [6.07, 6.45) is 10.5. The first kappa shape index (κ1) is 17.2. The highest BCUT2D eigenvalue weighted by atomic mass is 32.2. The molecule has 3 fully saturated rings. The van der Waals surface area contributed by atoms with Gasteiger partial charge in [-0.3, -0.25) is 0 Å². The third kappa shape index (κ3) is 4.26. The van der Waals surface area contributed by atoms with Gasteiger partial charge in [-0.2, -0.15) is 5.26 Å². The lowest BCUT2D eigenvalue weighted by Gasteiger charge is -2.36. The van der Waals surface area contributed by atoms with Crippen LogP contribution in [-0.2, 0) is 10.0 Å². The Hall–Kier alpha value is -0.640. The second kappa shape index (κ2) is 7.08. The third-order valence-electron chi connectivity index (χ3n) is 5.98. The summed E-state index contributed by atoms with van der Waals surface area (Å²) in [5.41, 5.74) is -0.642. The molecule has 1 N–H and O–H groups in total. The molecule has 0 aromatic carbocycles. The summed E-state index contributed by atoms with van der Waals surface area (Å²) >= 11 is 0. The lowest BCUT2D eigenvalue weighted by molar-refractivity contribution is 0.151. The Balaban J connectivity index is 1.50. The van der Waals surface area contributed by atoms with Gasteiger partial charge in [0.1, 0.15) is 0 Å². The maximum Gasteiger partial charge on any atom is 0.213 e. The first-order valence-corrected chi connectivity index (χ1v) is 10.8. The summed E-state index contributed by atoms with van der Waals surface area (Å²) in [5, 5.41) is 9.39. The number of likely N-dealkylation sites (tertiary alicyclic amines) is 1. The number of nitriles is 1. The maximum absolute atomic E-state index is 12.5. The molecule has 5 nitrogen and oxygen atoms in total. The first-order chi connectivity index (χ1) is 11.0. The molecule has 0 aromatic rings. The molecule has 0 radical (unpaired) electrons. The smallest absolute Gasteiger partial charge is 0.213 e. The van der Waals surface area contributed by atoms with Crippen molar-refractivity contribution in [2.75, 3.05) is 18.8 Å². The second-order valence-electron chi connectivity index (χ2n) is 7.72. The fourth-order valence-corrected chi connectivity index (χ4v) is 6.56. The van der Waals surface area contributed by atoms with E-state index in [0.29, 0.717) is 0 Å². The highest BCUT2D eigenvalue weighted by Gasteiger charge is 2.39. The number of sulfonamides is 1. The Bertz CT molecular complexity index is 535. The highest BCUT2D eigenvalue weighted by molar-refractivity contribution is 7.89. The van der Waals surface area contributed by atoms with Crippen LogP contribution >= 0.6 is 0 Å². The van der Waals surface area contributed by atoms with Crippen molar-refractivity contribution in [1.29, 1.82) is 5.26 Å². The molecule has 0 bridgehead atoms. The normalized spacial score (nSPS) is 27.3. The fraction of sp³-hybridized carbons (Fsp3) is 0.941. The van der Waals surface area contributed by atoms with E-state index in [0.717, 1.165) is 57.7 Å². The van der Waals surface area contributed by atoms with Crippen LogP contribution in [0.2, 0.25) is 0 Å². The topological polar surface area (TPSA) is 73.2 Å². The minimum atomic E-state index is -3.36. The van der Waals surface area contributed by atoms with E-state index in [1.165, 1.54) is 25.7 Å². The van der Waals surface area contributed by atoms with Crippen molar-refractivity contribution >= 4 is 10.0 Å². The molecule has 130 valence electrons. The first-order valence-electron chi connectivity index (χ1n) is 9.17. The van der Waals surface area contributed by atoms with Gasteiger partial charge in [-0.1, -0.05) is 25.7 Å². The zero-order valence-corrected chi connectivity index (χ0v) is 14.8. The van der Waals surface area contributed by atoms with Crippen molar-refractivity contribution in [2.24, 2.45) is 5.41 Å². The van der Waals surface area contributed by atoms with Gasteiger partial charge >= 0.3 is 0 Å². The predicted molar refractivity (Wildman–Crippen MR) is 90.3 cm³/mol. The van der Waals surface area contributed by atoms with Gasteiger partial charge in [0.25, 0.3) is 0 Å². The van der Waals surface area contributed by atoms with Crippen molar-refractivity contribution < 1.29 is 8.42 Å². The number of hydrogen-bond donors (Lipinski definition) is 1. The van der Waals surface area contributed by atoms with Gasteiger partial charge in [-0.25, -0.2) is 13.1 Å². The van der Waals surface area contributed by atoms with E-state index in [9.17, 15) is 13.7 Å². The van der Waals surface area contributed by atoms with E-state index in [-0.39, 0.29) is 11.8 Å². The number of hydrogen-bond acceptors (Lipinski definition) is 4. The Morgan fingerprint density at radius 2 is 1.65 bits per heavy atom. The molecule has 0 aromatic heterocycles. The molecule has 0 spiro atoms. The molecular formula is C17H29N3O2S. The Morgan fingerprint density at radius 1 is 1.04 bits per heavy atom. The van der Waals surface area contributed by atoms with E-state index in [4.69, 9.17) is 0 Å². The summed E-state index contributed by atoms with van der Waals surface area (Å²) < 4.78 is 27.8. The van der Waals surface area contributed by atoms with Crippen LogP contribution in [0.3, 0.4) is 0 Å². The van der Waals surface area contributed by atoms with E-state index < -0.39 is 15.4 Å². The SMILES string of the molecule is N#CC1(CS(=O)(=O)NC2CCN(C3CCCC3)CC2)CCCC1. The van der Waals surface area contributed by atoms with Gasteiger partial charge in [0.15, 0.2) is 0 Å². The molecule has 1 aliphatic heterocycles. The molecule has 0 unspecified atom stereocenters. The maximum atomic E-state index is 12.5. The summed E-state index contributed by atoms with van der Waals surface area (Å²) in [6.45, 7) is 2.00. The van der Waals surface area contributed by atoms with Gasteiger partial charge in [-0.15, -0.1) is 0 Å². The van der Waals surface area contributed by atoms with Crippen LogP contribution in [-0.4, -0.2) is 44.2 Å². The van der Waals surface area contributed by atoms with Crippen LogP contribution in [0.1, 0.15) is 64.2 Å². The van der Waals surface area contributed by atoms with E-state index in [1.807, 2.05) is 0 Å². The Kier molecular flexibility index (Phi) is 5.29. The van der Waals surface area contributed by atoms with Crippen molar-refractivity contribution in [1.82, 2.24) is 9.62 Å². The number of nitrogens with zero attached hydrogens (tertiary/aromatic N) is 2. The minimum absolute atomic E-state index is 0.0145. The van der Waals surface area contributed by atoms with Crippen molar-refractivity contribution in [3.63, 3.8) is 0 Å². The summed E-state index contributed by atoms with van der Waals surface area (Å²) in [5.74, 6) is -0.0145. The molecule has 23 heavy (non-hydrogen) atoms. The third-order valence-corrected chi connectivity index (χ3v) is 7.61. The number of nitrogens with one attached hydrogen (secondary N) is 1. The molecule has 3 aliphatic rings. The van der Waals surface area contributed by atoms with Gasteiger partial charge in [0.05, 0.1) is 17.2 Å². The molecule has 2 saturated carbocycles. The van der Waals surface area contributed by atoms with Gasteiger partial charge in [0, 0.05) is 12.1 Å². The molecule has 1 saturated heterocycles. The van der Waals surface area contributed by atoms with E-state index >= 15 is 0 Å². The Labute approximate surface area is 140 Å². The molecule has 6 heteroatoms. The van der Waals surface area contributed by atoms with Crippen molar-refractivity contribution in [3.05, 3.63) is 0 Å². The zero-order valence-electron chi connectivity index (χ0n) is 14.0. The molecule has 2 aliphatic carbocycles. The van der Waals surface area contributed by atoms with Crippen molar-refractivity contribution in [3.8, 4) is 6.07 Å². The summed E-state index contributed by atoms with van der Waals surface area (Å²) in [6, 6.07) is 3.07. The highest BCUT2D eigenvalue weighted by Crippen LogP contribution is 2.38. The number of piperidine rings is 1. The monoisotopic (exact) mass is 339 g/mol. The summed E-state index contributed by atoms with van der Waals surface area (Å²) in [7, 11) is -3.36. The second-order valence-corrected chi connectivity index (χ2v) is 9.48. The number of rotatable bonds is 5. The van der Waals surface area contributed by atoms with Crippen LogP contribution in [0.5, 0.6) is 0 Å². The lowest BCUT2D eigenvalue weighted by atomic mass is 9.91. The van der Waals surface area contributed by atoms with Crippen LogP contribution in [0.4, 0.5) is 0 Å². The van der Waals surface area contributed by atoms with Crippen LogP contribution in [0, 0.1) is 16.7 Å². The van der Waals surface area contributed by atoms with Gasteiger partial charge in [-0.05, 0) is 51.6 Å². The summed E-state index contributed by atoms with van der Waals surface area (Å²) in [4.78, 5) is 2.55. The average molecular weight is 340 g/mol. The minimum Gasteiger partial charge on any atom is -0.300 e. The average Bonchev–Trinajstić information content (AvgIpc) is 3.19. The quantitative estimate of drug-likeness (QED) is 0.835. The van der Waals surface area contributed by atoms with Crippen molar-refractivity contribution in [2.45, 2.75) is 76.3 Å². The van der Waals surface area contributed by atoms with Gasteiger partial charge in [0.2, 0.25) is 10.0 Å². The molecule has 1 heterocycles. The van der Waals surface area contributed by atoms with E-state index in [1.54, 1.807) is 0 Å². The predicted octanol–water partition coefficient (Wildman–Crippen LogP) is 2.40. The zero-order chi connectivity index (χ0) is 16.3.